The number of aromatic nitrogens is 1. The number of ether oxygens (including phenoxy) is 2. The maximum absolute atomic E-state index is 13.5. The third-order valence-corrected chi connectivity index (χ3v) is 7.43. The maximum atomic E-state index is 13.5. The molecule has 8 nitrogen and oxygen atoms in total. The molecule has 37 heavy (non-hydrogen) atoms. The molecule has 1 saturated heterocycles. The Labute approximate surface area is 222 Å². The van der Waals surface area contributed by atoms with Crippen molar-refractivity contribution in [3.63, 3.8) is 0 Å². The fourth-order valence-corrected chi connectivity index (χ4v) is 5.40. The van der Waals surface area contributed by atoms with E-state index in [1.165, 1.54) is 7.11 Å². The number of amides is 2. The molecule has 196 valence electrons. The smallest absolute Gasteiger partial charge is 0.254 e. The molecule has 9 heteroatoms. The summed E-state index contributed by atoms with van der Waals surface area (Å²) < 4.78 is 10.7. The van der Waals surface area contributed by atoms with Crippen LogP contribution in [0.2, 0.25) is 0 Å². The Bertz CT molecular complexity index is 1230. The molecule has 4 rings (SSSR count). The Morgan fingerprint density at radius 1 is 1.08 bits per heavy atom. The van der Waals surface area contributed by atoms with Crippen molar-refractivity contribution >= 4 is 23.2 Å². The van der Waals surface area contributed by atoms with Crippen LogP contribution < -0.4 is 20.1 Å². The van der Waals surface area contributed by atoms with E-state index in [1.54, 1.807) is 36.6 Å². The van der Waals surface area contributed by atoms with Gasteiger partial charge in [-0.25, -0.2) is 4.98 Å². The molecular weight excluding hydrogens is 488 g/mol. The Hall–Kier alpha value is -3.43. The van der Waals surface area contributed by atoms with Crippen LogP contribution >= 0.6 is 11.3 Å². The van der Waals surface area contributed by atoms with Gasteiger partial charge in [0, 0.05) is 41.8 Å². The highest BCUT2D eigenvalue weighted by Gasteiger charge is 2.33. The minimum atomic E-state index is -0.228. The predicted molar refractivity (Wildman–Crippen MR) is 145 cm³/mol. The van der Waals surface area contributed by atoms with Crippen molar-refractivity contribution in [3.05, 3.63) is 75.2 Å². The summed E-state index contributed by atoms with van der Waals surface area (Å²) in [6.45, 7) is 4.63. The van der Waals surface area contributed by atoms with Crippen molar-refractivity contribution in [1.29, 1.82) is 0 Å². The topological polar surface area (TPSA) is 92.8 Å². The minimum absolute atomic E-state index is 0.0286. The molecule has 0 bridgehead atoms. The van der Waals surface area contributed by atoms with Crippen LogP contribution in [0.25, 0.3) is 0 Å². The lowest BCUT2D eigenvalue weighted by Crippen LogP contribution is -2.31. The number of hydrogen-bond acceptors (Lipinski definition) is 7. The molecule has 1 aliphatic heterocycles. The van der Waals surface area contributed by atoms with E-state index in [2.05, 4.69) is 15.6 Å². The van der Waals surface area contributed by atoms with Gasteiger partial charge in [-0.2, -0.15) is 0 Å². The van der Waals surface area contributed by atoms with Gasteiger partial charge in [0.05, 0.1) is 20.3 Å². The zero-order valence-corrected chi connectivity index (χ0v) is 22.4. The number of hydrogen-bond donors (Lipinski definition) is 2. The van der Waals surface area contributed by atoms with Crippen molar-refractivity contribution in [3.8, 4) is 11.5 Å². The van der Waals surface area contributed by atoms with E-state index >= 15 is 0 Å². The molecule has 2 N–H and O–H groups in total. The van der Waals surface area contributed by atoms with Crippen molar-refractivity contribution in [2.45, 2.75) is 38.8 Å². The fraction of sp³-hybridized carbons (Fsp3) is 0.393. The number of carbonyl (C=O) groups excluding carboxylic acids is 2. The molecule has 0 saturated carbocycles. The third-order valence-electron chi connectivity index (χ3n) is 6.37. The molecule has 0 unspecified atom stereocenters. The lowest BCUT2D eigenvalue weighted by molar-refractivity contribution is 0.0735. The van der Waals surface area contributed by atoms with Gasteiger partial charge < -0.3 is 25.0 Å². The van der Waals surface area contributed by atoms with E-state index in [1.807, 2.05) is 41.5 Å². The van der Waals surface area contributed by atoms with E-state index in [4.69, 9.17) is 9.47 Å². The predicted octanol–water partition coefficient (Wildman–Crippen LogP) is 4.36. The second kappa shape index (κ2) is 12.7. The van der Waals surface area contributed by atoms with Crippen LogP contribution in [0.5, 0.6) is 11.5 Å². The average molecular weight is 523 g/mol. The number of benzene rings is 2. The Balaban J connectivity index is 1.32. The van der Waals surface area contributed by atoms with E-state index in [9.17, 15) is 9.59 Å². The first-order valence-electron chi connectivity index (χ1n) is 12.5. The lowest BCUT2D eigenvalue weighted by Gasteiger charge is -2.23. The van der Waals surface area contributed by atoms with Gasteiger partial charge in [0.1, 0.15) is 16.5 Å². The summed E-state index contributed by atoms with van der Waals surface area (Å²) in [6.07, 6.45) is 2.59. The highest BCUT2D eigenvalue weighted by molar-refractivity contribution is 7.09. The molecule has 2 heterocycles. The summed E-state index contributed by atoms with van der Waals surface area (Å²) in [5.41, 5.74) is 2.97. The molecule has 1 fully saturated rings. The molecular formula is C28H34N4O4S. The number of nitrogens with zero attached hydrogens (tertiary/aromatic N) is 2. The molecule has 1 atom stereocenters. The van der Waals surface area contributed by atoms with Gasteiger partial charge >= 0.3 is 0 Å². The van der Waals surface area contributed by atoms with Crippen LogP contribution in [0, 0.1) is 6.92 Å². The van der Waals surface area contributed by atoms with Gasteiger partial charge in [-0.05, 0) is 68.6 Å². The quantitative estimate of drug-likeness (QED) is 0.364. The molecule has 1 aromatic heterocycles. The van der Waals surface area contributed by atoms with E-state index < -0.39 is 0 Å². The summed E-state index contributed by atoms with van der Waals surface area (Å²) in [7, 11) is 3.19. The fourth-order valence-electron chi connectivity index (χ4n) is 4.46. The SMILES string of the molecule is COc1cccc(CNCCCNC(=O)c2cc(OC)cc(C(=O)N3CCC[C@@H]3c3nc(C)cs3)c2)c1. The number of carbonyl (C=O) groups is 2. The van der Waals surface area contributed by atoms with E-state index in [-0.39, 0.29) is 17.9 Å². The molecule has 2 amide bonds. The summed E-state index contributed by atoms with van der Waals surface area (Å²) in [5, 5.41) is 9.31. The third kappa shape index (κ3) is 6.87. The first-order chi connectivity index (χ1) is 18.0. The van der Waals surface area contributed by atoms with Crippen molar-refractivity contribution in [2.75, 3.05) is 33.9 Å². The van der Waals surface area contributed by atoms with Gasteiger partial charge in [0.15, 0.2) is 0 Å². The van der Waals surface area contributed by atoms with Crippen molar-refractivity contribution in [2.24, 2.45) is 0 Å². The second-order valence-corrected chi connectivity index (χ2v) is 9.96. The van der Waals surface area contributed by atoms with Crippen LogP contribution in [0.4, 0.5) is 0 Å². The summed E-state index contributed by atoms with van der Waals surface area (Å²) in [4.78, 5) is 32.8. The highest BCUT2D eigenvalue weighted by Crippen LogP contribution is 2.35. The number of thiazole rings is 1. The summed E-state index contributed by atoms with van der Waals surface area (Å²) >= 11 is 1.59. The number of aryl methyl sites for hydroxylation is 1. The second-order valence-electron chi connectivity index (χ2n) is 9.07. The first-order valence-corrected chi connectivity index (χ1v) is 13.4. The zero-order valence-electron chi connectivity index (χ0n) is 21.6. The van der Waals surface area contributed by atoms with Gasteiger partial charge in [-0.15, -0.1) is 11.3 Å². The van der Waals surface area contributed by atoms with Gasteiger partial charge in [0.2, 0.25) is 0 Å². The summed E-state index contributed by atoms with van der Waals surface area (Å²) in [5.74, 6) is 0.984. The number of likely N-dealkylation sites (tertiary alicyclic amines) is 1. The Morgan fingerprint density at radius 3 is 2.65 bits per heavy atom. The van der Waals surface area contributed by atoms with Gasteiger partial charge in [-0.3, -0.25) is 9.59 Å². The van der Waals surface area contributed by atoms with E-state index in [0.717, 1.165) is 54.4 Å². The Morgan fingerprint density at radius 2 is 1.89 bits per heavy atom. The van der Waals surface area contributed by atoms with Crippen LogP contribution in [0.3, 0.4) is 0 Å². The van der Waals surface area contributed by atoms with Crippen LogP contribution in [-0.4, -0.2) is 55.6 Å². The number of rotatable bonds is 11. The molecule has 0 spiro atoms. The normalized spacial score (nSPS) is 15.0. The molecule has 1 aliphatic rings. The average Bonchev–Trinajstić information content (AvgIpc) is 3.59. The largest absolute Gasteiger partial charge is 0.497 e. The maximum Gasteiger partial charge on any atom is 0.254 e. The monoisotopic (exact) mass is 522 g/mol. The van der Waals surface area contributed by atoms with Crippen LogP contribution in [-0.2, 0) is 6.54 Å². The molecule has 2 aromatic carbocycles. The number of methoxy groups -OCH3 is 2. The van der Waals surface area contributed by atoms with E-state index in [0.29, 0.717) is 30.0 Å². The van der Waals surface area contributed by atoms with Gasteiger partial charge in [-0.1, -0.05) is 12.1 Å². The van der Waals surface area contributed by atoms with Gasteiger partial charge in [0.25, 0.3) is 11.8 Å². The Kier molecular flexibility index (Phi) is 9.14. The van der Waals surface area contributed by atoms with Crippen LogP contribution in [0.1, 0.15) is 62.3 Å². The van der Waals surface area contributed by atoms with Crippen molar-refractivity contribution < 1.29 is 19.1 Å². The summed E-state index contributed by atoms with van der Waals surface area (Å²) in [6, 6.07) is 12.9. The lowest BCUT2D eigenvalue weighted by atomic mass is 10.1. The minimum Gasteiger partial charge on any atom is -0.497 e. The standard InChI is InChI=1S/C28H34N4O4S/c1-19-18-37-27(31-19)25-9-5-12-32(25)28(34)22-14-21(15-24(16-22)36-3)26(33)30-11-6-10-29-17-20-7-4-8-23(13-20)35-2/h4,7-8,13-16,18,25,29H,5-6,9-12,17H2,1-3H3,(H,30,33)/t25-/m1/s1. The van der Waals surface area contributed by atoms with Crippen LogP contribution in [0.15, 0.2) is 47.8 Å². The first kappa shape index (κ1) is 26.6. The molecule has 0 aliphatic carbocycles. The van der Waals surface area contributed by atoms with Crippen molar-refractivity contribution in [1.82, 2.24) is 20.5 Å². The zero-order chi connectivity index (χ0) is 26.2. The number of nitrogens with one attached hydrogen (secondary N) is 2. The molecule has 0 radical (unpaired) electrons. The molecule has 3 aromatic rings. The highest BCUT2D eigenvalue weighted by atomic mass is 32.1.